The highest BCUT2D eigenvalue weighted by atomic mass is 16.3. The van der Waals surface area contributed by atoms with E-state index in [1.807, 2.05) is 73.0 Å². The monoisotopic (exact) mass is 399 g/mol. The SMILES string of the molecule is Cn1cc(-c2cnc3[nH]cc(-c4cn(C(CCO)c5ccccc5)nn4)c3c2)cn1. The molecule has 4 heterocycles. The highest BCUT2D eigenvalue weighted by Gasteiger charge is 2.18. The Hall–Kier alpha value is -3.78. The van der Waals surface area contributed by atoms with Gasteiger partial charge in [0.15, 0.2) is 0 Å². The van der Waals surface area contributed by atoms with Crippen LogP contribution < -0.4 is 0 Å². The maximum atomic E-state index is 9.55. The first kappa shape index (κ1) is 18.3. The summed E-state index contributed by atoms with van der Waals surface area (Å²) in [6.45, 7) is 0.0697. The Labute approximate surface area is 172 Å². The number of hydrogen-bond acceptors (Lipinski definition) is 5. The second kappa shape index (κ2) is 7.57. The molecule has 1 atom stereocenters. The molecule has 5 rings (SSSR count). The number of hydrogen-bond donors (Lipinski definition) is 2. The third-order valence-electron chi connectivity index (χ3n) is 5.26. The zero-order valence-corrected chi connectivity index (χ0v) is 16.5. The predicted molar refractivity (Wildman–Crippen MR) is 114 cm³/mol. The van der Waals surface area contributed by atoms with Gasteiger partial charge in [0, 0.05) is 54.3 Å². The Morgan fingerprint density at radius 1 is 1.10 bits per heavy atom. The number of nitrogens with one attached hydrogen (secondary N) is 1. The Balaban J connectivity index is 1.54. The average molecular weight is 399 g/mol. The van der Waals surface area contributed by atoms with Crippen molar-refractivity contribution in [3.8, 4) is 22.4 Å². The number of aromatic nitrogens is 7. The number of aliphatic hydroxyl groups is 1. The summed E-state index contributed by atoms with van der Waals surface area (Å²) in [5, 5.41) is 23.5. The van der Waals surface area contributed by atoms with E-state index in [4.69, 9.17) is 0 Å². The molecule has 150 valence electrons. The van der Waals surface area contributed by atoms with Crippen molar-refractivity contribution < 1.29 is 5.11 Å². The van der Waals surface area contributed by atoms with E-state index in [2.05, 4.69) is 31.4 Å². The second-order valence-corrected chi connectivity index (χ2v) is 7.25. The number of benzene rings is 1. The van der Waals surface area contributed by atoms with Crippen LogP contribution in [0.1, 0.15) is 18.0 Å². The molecule has 0 spiro atoms. The molecule has 5 aromatic rings. The normalized spacial score (nSPS) is 12.5. The van der Waals surface area contributed by atoms with Gasteiger partial charge in [-0.25, -0.2) is 9.67 Å². The molecule has 0 aliphatic heterocycles. The molecule has 0 bridgehead atoms. The fourth-order valence-corrected chi connectivity index (χ4v) is 3.75. The molecule has 0 aliphatic carbocycles. The molecule has 1 aromatic carbocycles. The minimum Gasteiger partial charge on any atom is -0.396 e. The van der Waals surface area contributed by atoms with Crippen molar-refractivity contribution >= 4 is 11.0 Å². The average Bonchev–Trinajstić information content (AvgIpc) is 3.51. The van der Waals surface area contributed by atoms with Crippen molar-refractivity contribution in [2.75, 3.05) is 6.61 Å². The Morgan fingerprint density at radius 2 is 1.97 bits per heavy atom. The molecule has 0 fully saturated rings. The van der Waals surface area contributed by atoms with Crippen molar-refractivity contribution in [2.45, 2.75) is 12.5 Å². The number of pyridine rings is 1. The van der Waals surface area contributed by atoms with Gasteiger partial charge in [-0.1, -0.05) is 35.5 Å². The van der Waals surface area contributed by atoms with E-state index in [1.54, 1.807) is 4.68 Å². The van der Waals surface area contributed by atoms with E-state index in [9.17, 15) is 5.11 Å². The molecule has 30 heavy (non-hydrogen) atoms. The minimum atomic E-state index is -0.0771. The quantitative estimate of drug-likeness (QED) is 0.457. The van der Waals surface area contributed by atoms with Gasteiger partial charge in [-0.05, 0) is 18.1 Å². The van der Waals surface area contributed by atoms with Crippen LogP contribution in [-0.4, -0.2) is 46.5 Å². The maximum Gasteiger partial charge on any atom is 0.137 e. The number of fused-ring (bicyclic) bond motifs is 1. The van der Waals surface area contributed by atoms with Crippen LogP contribution in [0, 0.1) is 0 Å². The molecule has 0 radical (unpaired) electrons. The van der Waals surface area contributed by atoms with E-state index in [-0.39, 0.29) is 12.6 Å². The van der Waals surface area contributed by atoms with Gasteiger partial charge >= 0.3 is 0 Å². The molecule has 8 heteroatoms. The molecule has 8 nitrogen and oxygen atoms in total. The molecule has 0 saturated heterocycles. The molecule has 0 aliphatic rings. The van der Waals surface area contributed by atoms with Crippen LogP contribution in [-0.2, 0) is 7.05 Å². The molecule has 0 saturated carbocycles. The molecule has 1 unspecified atom stereocenters. The van der Waals surface area contributed by atoms with Gasteiger partial charge in [0.1, 0.15) is 11.3 Å². The lowest BCUT2D eigenvalue weighted by Crippen LogP contribution is -2.13. The highest BCUT2D eigenvalue weighted by molar-refractivity contribution is 5.94. The van der Waals surface area contributed by atoms with Gasteiger partial charge in [0.2, 0.25) is 0 Å². The molecule has 4 aromatic heterocycles. The molecular weight excluding hydrogens is 378 g/mol. The molecule has 2 N–H and O–H groups in total. The number of rotatable bonds is 6. The summed E-state index contributed by atoms with van der Waals surface area (Å²) in [5.74, 6) is 0. The van der Waals surface area contributed by atoms with Crippen LogP contribution in [0.2, 0.25) is 0 Å². The topological polar surface area (TPSA) is 97.4 Å². The smallest absolute Gasteiger partial charge is 0.137 e. The van der Waals surface area contributed by atoms with Crippen molar-refractivity contribution in [2.24, 2.45) is 7.05 Å². The fraction of sp³-hybridized carbons (Fsp3) is 0.182. The van der Waals surface area contributed by atoms with Crippen LogP contribution >= 0.6 is 0 Å². The molecule has 0 amide bonds. The lowest BCUT2D eigenvalue weighted by Gasteiger charge is -2.15. The lowest BCUT2D eigenvalue weighted by atomic mass is 10.0. The van der Waals surface area contributed by atoms with E-state index < -0.39 is 0 Å². The number of aliphatic hydroxyl groups excluding tert-OH is 1. The van der Waals surface area contributed by atoms with E-state index in [1.165, 1.54) is 0 Å². The van der Waals surface area contributed by atoms with Gasteiger partial charge in [0.05, 0.1) is 18.4 Å². The van der Waals surface area contributed by atoms with Crippen molar-refractivity contribution in [3.05, 3.63) is 72.9 Å². The Bertz CT molecular complexity index is 1290. The number of aromatic amines is 1. The van der Waals surface area contributed by atoms with Gasteiger partial charge in [0.25, 0.3) is 0 Å². The Morgan fingerprint density at radius 3 is 2.73 bits per heavy atom. The zero-order chi connectivity index (χ0) is 20.5. The van der Waals surface area contributed by atoms with Crippen LogP contribution in [0.15, 0.2) is 67.4 Å². The highest BCUT2D eigenvalue weighted by Crippen LogP contribution is 2.31. The molecular formula is C22H21N7O. The summed E-state index contributed by atoms with van der Waals surface area (Å²) >= 11 is 0. The van der Waals surface area contributed by atoms with Crippen LogP contribution in [0.25, 0.3) is 33.4 Å². The van der Waals surface area contributed by atoms with E-state index in [0.717, 1.165) is 39.0 Å². The zero-order valence-electron chi connectivity index (χ0n) is 16.5. The minimum absolute atomic E-state index is 0.0697. The summed E-state index contributed by atoms with van der Waals surface area (Å²) in [5.41, 5.74) is 5.57. The van der Waals surface area contributed by atoms with Crippen molar-refractivity contribution in [1.29, 1.82) is 0 Å². The van der Waals surface area contributed by atoms with E-state index >= 15 is 0 Å². The second-order valence-electron chi connectivity index (χ2n) is 7.25. The summed E-state index contributed by atoms with van der Waals surface area (Å²) in [4.78, 5) is 7.77. The lowest BCUT2D eigenvalue weighted by molar-refractivity contribution is 0.262. The summed E-state index contributed by atoms with van der Waals surface area (Å²) in [6.07, 6.45) is 10.0. The summed E-state index contributed by atoms with van der Waals surface area (Å²) in [6, 6.07) is 12.0. The van der Waals surface area contributed by atoms with E-state index in [0.29, 0.717) is 6.42 Å². The van der Waals surface area contributed by atoms with Crippen molar-refractivity contribution in [3.63, 3.8) is 0 Å². The van der Waals surface area contributed by atoms with Crippen molar-refractivity contribution in [1.82, 2.24) is 34.7 Å². The van der Waals surface area contributed by atoms with Gasteiger partial charge in [-0.3, -0.25) is 4.68 Å². The van der Waals surface area contributed by atoms with Crippen LogP contribution in [0.5, 0.6) is 0 Å². The standard InChI is InChI=1S/C22H21N7O/c1-28-13-17(11-25-28)16-9-18-19(12-24-22(18)23-10-16)20-14-29(27-26-20)21(7-8-30)15-5-3-2-4-6-15/h2-6,9-14,21,30H,7-8H2,1H3,(H,23,24). The summed E-state index contributed by atoms with van der Waals surface area (Å²) < 4.78 is 3.59. The Kier molecular flexibility index (Phi) is 4.61. The first-order chi connectivity index (χ1) is 14.7. The van der Waals surface area contributed by atoms with Gasteiger partial charge in [-0.15, -0.1) is 5.10 Å². The van der Waals surface area contributed by atoms with Crippen LogP contribution in [0.3, 0.4) is 0 Å². The number of H-pyrrole nitrogens is 1. The first-order valence-electron chi connectivity index (χ1n) is 9.77. The largest absolute Gasteiger partial charge is 0.396 e. The fourth-order valence-electron chi connectivity index (χ4n) is 3.75. The van der Waals surface area contributed by atoms with Crippen LogP contribution in [0.4, 0.5) is 0 Å². The van der Waals surface area contributed by atoms with Gasteiger partial charge < -0.3 is 10.1 Å². The first-order valence-corrected chi connectivity index (χ1v) is 9.77. The third-order valence-corrected chi connectivity index (χ3v) is 5.26. The third kappa shape index (κ3) is 3.27. The number of aryl methyl sites for hydroxylation is 1. The number of nitrogens with zero attached hydrogens (tertiary/aromatic N) is 6. The van der Waals surface area contributed by atoms with Gasteiger partial charge in [-0.2, -0.15) is 5.10 Å². The summed E-state index contributed by atoms with van der Waals surface area (Å²) in [7, 11) is 1.89. The predicted octanol–water partition coefficient (Wildman–Crippen LogP) is 3.19. The maximum absolute atomic E-state index is 9.55.